The fourth-order valence-corrected chi connectivity index (χ4v) is 4.13. The van der Waals surface area contributed by atoms with E-state index >= 15 is 0 Å². The van der Waals surface area contributed by atoms with Crippen LogP contribution in [-0.2, 0) is 11.3 Å². The summed E-state index contributed by atoms with van der Waals surface area (Å²) < 4.78 is 9.51. The first kappa shape index (κ1) is 17.0. The Kier molecular flexibility index (Phi) is 6.26. The van der Waals surface area contributed by atoms with Gasteiger partial charge in [0.15, 0.2) is 0 Å². The predicted octanol–water partition coefficient (Wildman–Crippen LogP) is 4.06. The van der Waals surface area contributed by atoms with Crippen molar-refractivity contribution < 1.29 is 4.74 Å². The molecule has 1 aromatic heterocycles. The molecule has 1 atom stereocenters. The number of ether oxygens (including phenoxy) is 1. The Balaban J connectivity index is 2.41. The van der Waals surface area contributed by atoms with Gasteiger partial charge in [-0.2, -0.15) is 5.10 Å². The number of hydrogen-bond donors (Lipinski definition) is 1. The zero-order chi connectivity index (χ0) is 15.3. The molecule has 2 rings (SSSR count). The largest absolute Gasteiger partial charge is 0.373 e. The second-order valence-corrected chi connectivity index (χ2v) is 6.60. The van der Waals surface area contributed by atoms with Crippen molar-refractivity contribution in [3.63, 3.8) is 0 Å². The Morgan fingerprint density at radius 2 is 2.05 bits per heavy atom. The Morgan fingerprint density at radius 3 is 2.62 bits per heavy atom. The summed E-state index contributed by atoms with van der Waals surface area (Å²) in [7, 11) is 0. The number of hydrogen-bond acceptors (Lipinski definition) is 3. The van der Waals surface area contributed by atoms with Crippen molar-refractivity contribution in [1.29, 1.82) is 0 Å². The van der Waals surface area contributed by atoms with E-state index in [-0.39, 0.29) is 11.6 Å². The highest BCUT2D eigenvalue weighted by Gasteiger charge is 2.43. The lowest BCUT2D eigenvalue weighted by atomic mass is 9.77. The van der Waals surface area contributed by atoms with Crippen molar-refractivity contribution >= 4 is 15.9 Å². The molecule has 1 heterocycles. The van der Waals surface area contributed by atoms with E-state index in [0.717, 1.165) is 37.0 Å². The number of aryl methyl sites for hydroxylation is 1. The van der Waals surface area contributed by atoms with E-state index in [9.17, 15) is 0 Å². The fourth-order valence-electron chi connectivity index (χ4n) is 3.60. The monoisotopic (exact) mass is 357 g/mol. The molecular weight excluding hydrogens is 330 g/mol. The first-order valence-corrected chi connectivity index (χ1v) is 9.06. The maximum Gasteiger partial charge on any atom is 0.0891 e. The number of halogens is 1. The number of likely N-dealkylation sites (N-methyl/N-ethyl adjacent to an activating group) is 1. The molecule has 1 aliphatic rings. The average Bonchev–Trinajstić information content (AvgIpc) is 2.86. The van der Waals surface area contributed by atoms with Gasteiger partial charge in [-0.05, 0) is 49.2 Å². The van der Waals surface area contributed by atoms with Gasteiger partial charge in [-0.25, -0.2) is 0 Å². The Hall–Kier alpha value is -0.390. The smallest absolute Gasteiger partial charge is 0.0891 e. The molecule has 1 unspecified atom stereocenters. The van der Waals surface area contributed by atoms with Crippen LogP contribution in [0.25, 0.3) is 0 Å². The molecule has 1 aromatic rings. The van der Waals surface area contributed by atoms with E-state index in [1.54, 1.807) is 0 Å². The van der Waals surface area contributed by atoms with Gasteiger partial charge >= 0.3 is 0 Å². The van der Waals surface area contributed by atoms with E-state index in [0.29, 0.717) is 0 Å². The first-order valence-electron chi connectivity index (χ1n) is 8.27. The van der Waals surface area contributed by atoms with Crippen molar-refractivity contribution in [2.24, 2.45) is 0 Å². The molecule has 0 bridgehead atoms. The molecule has 1 aliphatic carbocycles. The normalized spacial score (nSPS) is 19.6. The zero-order valence-corrected chi connectivity index (χ0v) is 15.1. The van der Waals surface area contributed by atoms with Crippen LogP contribution in [0.15, 0.2) is 10.7 Å². The summed E-state index contributed by atoms with van der Waals surface area (Å²) >= 11 is 3.69. The highest BCUT2D eigenvalue weighted by atomic mass is 79.9. The molecule has 1 fully saturated rings. The molecule has 0 aliphatic heterocycles. The topological polar surface area (TPSA) is 39.1 Å². The van der Waals surface area contributed by atoms with Gasteiger partial charge in [0.1, 0.15) is 0 Å². The minimum absolute atomic E-state index is 0.0987. The third kappa shape index (κ3) is 3.51. The fraction of sp³-hybridized carbons (Fsp3) is 0.812. The van der Waals surface area contributed by atoms with Crippen LogP contribution in [0.4, 0.5) is 0 Å². The third-order valence-corrected chi connectivity index (χ3v) is 5.08. The van der Waals surface area contributed by atoms with E-state index in [1.165, 1.54) is 25.0 Å². The quantitative estimate of drug-likeness (QED) is 0.799. The molecule has 21 heavy (non-hydrogen) atoms. The van der Waals surface area contributed by atoms with Crippen LogP contribution in [0, 0.1) is 0 Å². The first-order chi connectivity index (χ1) is 10.2. The van der Waals surface area contributed by atoms with Gasteiger partial charge in [-0.3, -0.25) is 4.68 Å². The molecular formula is C16H28BrN3O. The molecule has 4 nitrogen and oxygen atoms in total. The Bertz CT molecular complexity index is 435. The second kappa shape index (κ2) is 7.75. The number of aromatic nitrogens is 2. The Morgan fingerprint density at radius 1 is 1.33 bits per heavy atom. The molecule has 0 amide bonds. The molecule has 1 N–H and O–H groups in total. The van der Waals surface area contributed by atoms with Crippen molar-refractivity contribution in [2.75, 3.05) is 13.2 Å². The van der Waals surface area contributed by atoms with Crippen LogP contribution < -0.4 is 5.32 Å². The van der Waals surface area contributed by atoms with Crippen LogP contribution in [0.3, 0.4) is 0 Å². The third-order valence-electron chi connectivity index (χ3n) is 4.47. The highest BCUT2D eigenvalue weighted by Crippen LogP contribution is 2.43. The summed E-state index contributed by atoms with van der Waals surface area (Å²) in [6, 6.07) is 0.194. The summed E-state index contributed by atoms with van der Waals surface area (Å²) in [5.74, 6) is 0. The van der Waals surface area contributed by atoms with E-state index in [4.69, 9.17) is 4.74 Å². The van der Waals surface area contributed by atoms with Crippen LogP contribution >= 0.6 is 15.9 Å². The lowest BCUT2D eigenvalue weighted by Crippen LogP contribution is -2.48. The lowest BCUT2D eigenvalue weighted by molar-refractivity contribution is -0.0927. The van der Waals surface area contributed by atoms with Crippen molar-refractivity contribution in [3.05, 3.63) is 16.4 Å². The molecule has 0 spiro atoms. The minimum atomic E-state index is -0.0987. The molecule has 0 aromatic carbocycles. The van der Waals surface area contributed by atoms with Gasteiger partial charge in [0, 0.05) is 13.2 Å². The number of nitrogens with zero attached hydrogens (tertiary/aromatic N) is 2. The molecule has 120 valence electrons. The van der Waals surface area contributed by atoms with Gasteiger partial charge in [-0.15, -0.1) is 0 Å². The van der Waals surface area contributed by atoms with E-state index in [2.05, 4.69) is 51.8 Å². The maximum atomic E-state index is 6.34. The minimum Gasteiger partial charge on any atom is -0.373 e. The highest BCUT2D eigenvalue weighted by molar-refractivity contribution is 9.10. The van der Waals surface area contributed by atoms with Gasteiger partial charge in [0.2, 0.25) is 0 Å². The summed E-state index contributed by atoms with van der Waals surface area (Å²) in [5.41, 5.74) is 1.13. The van der Waals surface area contributed by atoms with Gasteiger partial charge < -0.3 is 10.1 Å². The van der Waals surface area contributed by atoms with Crippen LogP contribution in [0.1, 0.15) is 64.6 Å². The summed E-state index contributed by atoms with van der Waals surface area (Å²) in [5, 5.41) is 8.18. The lowest BCUT2D eigenvalue weighted by Gasteiger charge is -2.44. The SMILES string of the molecule is CCNC(c1c(Br)cnn1CC)C1(OCC)CCCCC1. The standard InChI is InChI=1S/C16H28BrN3O/c1-4-18-15(14-13(17)12-19-20(14)5-2)16(21-6-3)10-8-7-9-11-16/h12,15,18H,4-11H2,1-3H3. The number of rotatable bonds is 7. The molecule has 0 radical (unpaired) electrons. The van der Waals surface area contributed by atoms with Crippen LogP contribution in [0.2, 0.25) is 0 Å². The summed E-state index contributed by atoms with van der Waals surface area (Å²) in [6.45, 7) is 8.98. The summed E-state index contributed by atoms with van der Waals surface area (Å²) in [4.78, 5) is 0. The van der Waals surface area contributed by atoms with Crippen molar-refractivity contribution in [2.45, 2.75) is 71.1 Å². The maximum absolute atomic E-state index is 6.34. The summed E-state index contributed by atoms with van der Waals surface area (Å²) in [6.07, 6.45) is 7.98. The molecule has 5 heteroatoms. The van der Waals surface area contributed by atoms with E-state index < -0.39 is 0 Å². The average molecular weight is 358 g/mol. The van der Waals surface area contributed by atoms with Crippen LogP contribution in [-0.4, -0.2) is 28.5 Å². The Labute approximate surface area is 136 Å². The van der Waals surface area contributed by atoms with Crippen LogP contribution in [0.5, 0.6) is 0 Å². The molecule has 1 saturated carbocycles. The van der Waals surface area contributed by atoms with Crippen molar-refractivity contribution in [1.82, 2.24) is 15.1 Å². The van der Waals surface area contributed by atoms with Gasteiger partial charge in [-0.1, -0.05) is 26.2 Å². The molecule has 0 saturated heterocycles. The predicted molar refractivity (Wildman–Crippen MR) is 89.5 cm³/mol. The zero-order valence-electron chi connectivity index (χ0n) is 13.5. The van der Waals surface area contributed by atoms with Crippen molar-refractivity contribution in [3.8, 4) is 0 Å². The van der Waals surface area contributed by atoms with Gasteiger partial charge in [0.25, 0.3) is 0 Å². The van der Waals surface area contributed by atoms with E-state index in [1.807, 2.05) is 6.20 Å². The second-order valence-electron chi connectivity index (χ2n) is 5.74. The van der Waals surface area contributed by atoms with Gasteiger partial charge in [0.05, 0.1) is 28.0 Å². The number of nitrogens with one attached hydrogen (secondary N) is 1.